The Morgan fingerprint density at radius 2 is 1.68 bits per heavy atom. The summed E-state index contributed by atoms with van der Waals surface area (Å²) >= 11 is 0. The SMILES string of the molecule is N#Cc1cc(Oc2ccc(NC(=O)Nc3ccc4c(c3)C(F)(F)OC(F)(F)O4)cc2)cc[n+]1[O-]. The highest BCUT2D eigenvalue weighted by molar-refractivity contribution is 5.99. The van der Waals surface area contributed by atoms with E-state index >= 15 is 0 Å². The van der Waals surface area contributed by atoms with Gasteiger partial charge in [0.05, 0.1) is 11.6 Å². The lowest BCUT2D eigenvalue weighted by Gasteiger charge is -2.30. The number of anilines is 2. The maximum Gasteiger partial charge on any atom is 0.540 e. The standard InChI is InChI=1S/C21H12F4N4O5/c22-20(23)17-9-13(3-6-18(17)33-21(24,25)34-20)28-19(30)27-12-1-4-15(5-2-12)32-16-7-8-29(31)14(10-16)11-26/h1-10H,(H2,27,28,30). The summed E-state index contributed by atoms with van der Waals surface area (Å²) in [6.07, 6.45) is -7.70. The highest BCUT2D eigenvalue weighted by atomic mass is 19.3. The molecule has 13 heteroatoms. The van der Waals surface area contributed by atoms with Crippen LogP contribution in [-0.2, 0) is 10.8 Å². The molecule has 1 aliphatic rings. The molecule has 34 heavy (non-hydrogen) atoms. The summed E-state index contributed by atoms with van der Waals surface area (Å²) in [5, 5.41) is 25.0. The number of aromatic nitrogens is 1. The van der Waals surface area contributed by atoms with Gasteiger partial charge in [0.15, 0.2) is 12.3 Å². The van der Waals surface area contributed by atoms with Crippen molar-refractivity contribution in [2.75, 3.05) is 10.6 Å². The summed E-state index contributed by atoms with van der Waals surface area (Å²) in [6, 6.07) is 12.2. The lowest BCUT2D eigenvalue weighted by atomic mass is 10.1. The fourth-order valence-electron chi connectivity index (χ4n) is 2.93. The first-order valence-electron chi connectivity index (χ1n) is 9.33. The van der Waals surface area contributed by atoms with Gasteiger partial charge in [-0.2, -0.15) is 18.8 Å². The number of nitrogens with zero attached hydrogens (tertiary/aromatic N) is 2. The molecule has 0 bridgehead atoms. The van der Waals surface area contributed by atoms with Crippen LogP contribution in [0.15, 0.2) is 60.8 Å². The molecular formula is C21H12F4N4O5. The molecule has 0 unspecified atom stereocenters. The van der Waals surface area contributed by atoms with E-state index in [0.29, 0.717) is 16.2 Å². The van der Waals surface area contributed by atoms with E-state index in [9.17, 15) is 27.6 Å². The van der Waals surface area contributed by atoms with Crippen LogP contribution in [0.2, 0.25) is 0 Å². The van der Waals surface area contributed by atoms with Gasteiger partial charge in [-0.1, -0.05) is 0 Å². The monoisotopic (exact) mass is 476 g/mol. The Labute approximate surface area is 188 Å². The number of halogens is 4. The molecule has 0 radical (unpaired) electrons. The summed E-state index contributed by atoms with van der Waals surface area (Å²) in [4.78, 5) is 12.2. The third-order valence-corrected chi connectivity index (χ3v) is 4.38. The highest BCUT2D eigenvalue weighted by Crippen LogP contribution is 2.46. The van der Waals surface area contributed by atoms with Gasteiger partial charge < -0.3 is 25.3 Å². The molecule has 0 saturated carbocycles. The van der Waals surface area contributed by atoms with E-state index in [2.05, 4.69) is 20.1 Å². The summed E-state index contributed by atoms with van der Waals surface area (Å²) in [6.45, 7) is 0. The minimum atomic E-state index is -4.49. The van der Waals surface area contributed by atoms with E-state index in [1.54, 1.807) is 6.07 Å². The van der Waals surface area contributed by atoms with Crippen molar-refractivity contribution >= 4 is 17.4 Å². The van der Waals surface area contributed by atoms with Crippen molar-refractivity contribution in [2.24, 2.45) is 0 Å². The second kappa shape index (κ2) is 8.41. The number of benzene rings is 2. The Balaban J connectivity index is 1.40. The number of alkyl halides is 4. The number of carbonyl (C=O) groups excluding carboxylic acids is 1. The van der Waals surface area contributed by atoms with Gasteiger partial charge in [-0.3, -0.25) is 0 Å². The van der Waals surface area contributed by atoms with Crippen LogP contribution in [0, 0.1) is 16.5 Å². The zero-order chi connectivity index (χ0) is 24.5. The Kier molecular flexibility index (Phi) is 5.60. The van der Waals surface area contributed by atoms with Crippen molar-refractivity contribution in [3.63, 3.8) is 0 Å². The first-order valence-corrected chi connectivity index (χ1v) is 9.33. The van der Waals surface area contributed by atoms with Crippen molar-refractivity contribution in [1.82, 2.24) is 0 Å². The quantitative estimate of drug-likeness (QED) is 0.322. The Morgan fingerprint density at radius 3 is 2.38 bits per heavy atom. The minimum absolute atomic E-state index is 0.124. The number of carbonyl (C=O) groups is 1. The van der Waals surface area contributed by atoms with E-state index in [0.717, 1.165) is 24.4 Å². The molecule has 0 fully saturated rings. The number of hydrogen-bond donors (Lipinski definition) is 2. The average molecular weight is 476 g/mol. The second-order valence-electron chi connectivity index (χ2n) is 6.79. The Hall–Kier alpha value is -4.57. The molecule has 0 saturated heterocycles. The molecule has 2 N–H and O–H groups in total. The molecule has 2 heterocycles. The van der Waals surface area contributed by atoms with Crippen LogP contribution in [0.1, 0.15) is 11.3 Å². The highest BCUT2D eigenvalue weighted by Gasteiger charge is 2.54. The molecule has 1 aromatic heterocycles. The van der Waals surface area contributed by atoms with E-state index in [-0.39, 0.29) is 17.1 Å². The van der Waals surface area contributed by atoms with Crippen LogP contribution in [0.4, 0.5) is 33.7 Å². The zero-order valence-corrected chi connectivity index (χ0v) is 16.7. The molecule has 4 rings (SSSR count). The molecule has 3 aromatic rings. The number of pyridine rings is 1. The number of urea groups is 1. The number of ether oxygens (including phenoxy) is 3. The van der Waals surface area contributed by atoms with E-state index in [4.69, 9.17) is 10.00 Å². The Morgan fingerprint density at radius 1 is 1.00 bits per heavy atom. The van der Waals surface area contributed by atoms with Crippen molar-refractivity contribution in [1.29, 1.82) is 5.26 Å². The third-order valence-electron chi connectivity index (χ3n) is 4.38. The van der Waals surface area contributed by atoms with Crippen molar-refractivity contribution < 1.29 is 41.3 Å². The van der Waals surface area contributed by atoms with E-state index in [1.165, 1.54) is 36.4 Å². The predicted molar refractivity (Wildman–Crippen MR) is 106 cm³/mol. The number of rotatable bonds is 4. The normalized spacial score (nSPS) is 15.3. The number of nitrogens with one attached hydrogen (secondary N) is 2. The van der Waals surface area contributed by atoms with Crippen molar-refractivity contribution in [3.8, 4) is 23.3 Å². The van der Waals surface area contributed by atoms with Crippen molar-refractivity contribution in [2.45, 2.75) is 12.4 Å². The van der Waals surface area contributed by atoms with Crippen LogP contribution in [-0.4, -0.2) is 12.3 Å². The average Bonchev–Trinajstić information content (AvgIpc) is 2.75. The van der Waals surface area contributed by atoms with Crippen molar-refractivity contribution in [3.05, 3.63) is 77.3 Å². The maximum absolute atomic E-state index is 13.9. The van der Waals surface area contributed by atoms with Gasteiger partial charge in [0.1, 0.15) is 17.2 Å². The fraction of sp³-hybridized carbons (Fsp3) is 0.0952. The van der Waals surface area contributed by atoms with Gasteiger partial charge in [0.25, 0.3) is 5.69 Å². The number of nitriles is 1. The molecule has 0 spiro atoms. The van der Waals surface area contributed by atoms with Gasteiger partial charge in [-0.05, 0) is 42.5 Å². The summed E-state index contributed by atoms with van der Waals surface area (Å²) in [5.74, 6) is -0.197. The maximum atomic E-state index is 13.9. The molecule has 9 nitrogen and oxygen atoms in total. The topological polar surface area (TPSA) is 120 Å². The van der Waals surface area contributed by atoms with Crippen LogP contribution in [0.5, 0.6) is 17.2 Å². The van der Waals surface area contributed by atoms with Crippen LogP contribution < -0.4 is 24.8 Å². The zero-order valence-electron chi connectivity index (χ0n) is 16.7. The van der Waals surface area contributed by atoms with Gasteiger partial charge in [0.2, 0.25) is 0 Å². The smallest absolute Gasteiger partial charge is 0.540 e. The summed E-state index contributed by atoms with van der Waals surface area (Å²) < 4.78 is 67.3. The van der Waals surface area contributed by atoms with E-state index < -0.39 is 29.7 Å². The fourth-order valence-corrected chi connectivity index (χ4v) is 2.93. The number of hydrogen-bond acceptors (Lipinski definition) is 6. The van der Waals surface area contributed by atoms with Gasteiger partial charge >= 0.3 is 18.4 Å². The largest absolute Gasteiger partial charge is 0.618 e. The minimum Gasteiger partial charge on any atom is -0.618 e. The van der Waals surface area contributed by atoms with Gasteiger partial charge in [-0.25, -0.2) is 9.53 Å². The number of amides is 2. The van der Waals surface area contributed by atoms with E-state index in [1.807, 2.05) is 0 Å². The van der Waals surface area contributed by atoms with Gasteiger partial charge in [0, 0.05) is 17.4 Å². The first-order chi connectivity index (χ1) is 16.0. The molecule has 0 aliphatic carbocycles. The third kappa shape index (κ3) is 4.92. The molecule has 174 valence electrons. The van der Waals surface area contributed by atoms with Crippen LogP contribution in [0.25, 0.3) is 0 Å². The molecule has 2 aromatic carbocycles. The summed E-state index contributed by atoms with van der Waals surface area (Å²) in [5.41, 5.74) is -0.941. The first kappa shape index (κ1) is 22.6. The second-order valence-corrected chi connectivity index (χ2v) is 6.79. The lowest BCUT2D eigenvalue weighted by Crippen LogP contribution is -2.41. The number of fused-ring (bicyclic) bond motifs is 1. The summed E-state index contributed by atoms with van der Waals surface area (Å²) in [7, 11) is 0. The van der Waals surface area contributed by atoms with Gasteiger partial charge in [-0.15, -0.1) is 8.78 Å². The lowest BCUT2D eigenvalue weighted by molar-refractivity contribution is -0.608. The molecule has 0 atom stereocenters. The molecular weight excluding hydrogens is 464 g/mol. The Bertz CT molecular complexity index is 1300. The molecule has 2 amide bonds. The van der Waals surface area contributed by atoms with Crippen LogP contribution >= 0.6 is 0 Å². The predicted octanol–water partition coefficient (Wildman–Crippen LogP) is 4.64. The van der Waals surface area contributed by atoms with Crippen LogP contribution in [0.3, 0.4) is 0 Å². The molecule has 1 aliphatic heterocycles.